The van der Waals surface area contributed by atoms with Crippen LogP contribution in [-0.2, 0) is 14.3 Å². The summed E-state index contributed by atoms with van der Waals surface area (Å²) in [4.78, 5) is 30.0. The first kappa shape index (κ1) is 25.5. The molecule has 1 N–H and O–H groups in total. The molecule has 2 fully saturated rings. The van der Waals surface area contributed by atoms with Gasteiger partial charge in [0.15, 0.2) is 0 Å². The van der Waals surface area contributed by atoms with Crippen molar-refractivity contribution in [3.8, 4) is 5.75 Å². The Kier molecular flexibility index (Phi) is 8.34. The van der Waals surface area contributed by atoms with Crippen molar-refractivity contribution in [2.24, 2.45) is 0 Å². The van der Waals surface area contributed by atoms with Gasteiger partial charge in [-0.25, -0.2) is 0 Å². The predicted molar refractivity (Wildman–Crippen MR) is 135 cm³/mol. The van der Waals surface area contributed by atoms with Crippen LogP contribution in [0.15, 0.2) is 48.0 Å². The third-order valence-electron chi connectivity index (χ3n) is 6.16. The number of hydrogen-bond acceptors (Lipinski definition) is 6. The normalized spacial score (nSPS) is 20.4. The molecule has 2 aliphatic rings. The van der Waals surface area contributed by atoms with Gasteiger partial charge in [0.05, 0.1) is 41.5 Å². The van der Waals surface area contributed by atoms with Crippen LogP contribution in [0.2, 0.25) is 10.0 Å². The minimum Gasteiger partial charge on any atom is -0.507 e. The predicted octanol–water partition coefficient (Wildman–Crippen LogP) is 4.54. The van der Waals surface area contributed by atoms with E-state index in [-0.39, 0.29) is 11.3 Å². The number of carbonyl (C=O) groups is 2. The zero-order valence-electron chi connectivity index (χ0n) is 19.5. The molecule has 186 valence electrons. The van der Waals surface area contributed by atoms with Crippen molar-refractivity contribution < 1.29 is 24.2 Å². The van der Waals surface area contributed by atoms with Crippen molar-refractivity contribution in [2.75, 3.05) is 46.0 Å². The highest BCUT2D eigenvalue weighted by Gasteiger charge is 2.46. The number of benzene rings is 2. The fourth-order valence-electron chi connectivity index (χ4n) is 4.30. The lowest BCUT2D eigenvalue weighted by Gasteiger charge is -2.31. The van der Waals surface area contributed by atoms with Gasteiger partial charge < -0.3 is 19.5 Å². The first-order chi connectivity index (χ1) is 16.9. The highest BCUT2D eigenvalue weighted by Crippen LogP contribution is 2.41. The summed E-state index contributed by atoms with van der Waals surface area (Å²) in [6.07, 6.45) is 0.874. The van der Waals surface area contributed by atoms with E-state index in [1.54, 1.807) is 42.5 Å². The Balaban J connectivity index is 1.70. The Morgan fingerprint density at radius 1 is 1.06 bits per heavy atom. The molecule has 9 heteroatoms. The number of rotatable bonds is 8. The van der Waals surface area contributed by atoms with Gasteiger partial charge in [0.25, 0.3) is 11.7 Å². The zero-order valence-corrected chi connectivity index (χ0v) is 21.0. The molecular weight excluding hydrogens is 491 g/mol. The quantitative estimate of drug-likeness (QED) is 0.314. The number of likely N-dealkylation sites (tertiary alicyclic amines) is 1. The van der Waals surface area contributed by atoms with Crippen LogP contribution in [0, 0.1) is 0 Å². The first-order valence-corrected chi connectivity index (χ1v) is 12.4. The Bertz CT molecular complexity index is 1110. The maximum atomic E-state index is 13.2. The molecule has 1 amide bonds. The van der Waals surface area contributed by atoms with Crippen LogP contribution >= 0.6 is 23.2 Å². The molecule has 2 aromatic carbocycles. The van der Waals surface area contributed by atoms with Crippen molar-refractivity contribution in [3.63, 3.8) is 0 Å². The third kappa shape index (κ3) is 5.64. The number of aliphatic hydroxyl groups is 1. The molecule has 2 aromatic rings. The van der Waals surface area contributed by atoms with E-state index in [4.69, 9.17) is 32.7 Å². The van der Waals surface area contributed by atoms with Crippen LogP contribution in [0.25, 0.3) is 5.76 Å². The molecule has 35 heavy (non-hydrogen) atoms. The second kappa shape index (κ2) is 11.4. The average molecular weight is 519 g/mol. The standard InChI is InChI=1S/C26H28Cl2N2O5/c1-2-13-35-19-6-3-17(4-7-19)24(31)22-23(18-5-8-20(27)21(28)16-18)30(26(33)25(22)32)10-9-29-11-14-34-15-12-29/h3-8,16,23,31H,2,9-15H2,1H3/b24-22-. The molecule has 0 radical (unpaired) electrons. The van der Waals surface area contributed by atoms with Gasteiger partial charge in [-0.1, -0.05) is 36.2 Å². The molecule has 2 saturated heterocycles. The molecule has 0 spiro atoms. The molecule has 0 aromatic heterocycles. The lowest BCUT2D eigenvalue weighted by molar-refractivity contribution is -0.140. The number of hydrogen-bond donors (Lipinski definition) is 1. The van der Waals surface area contributed by atoms with E-state index in [1.165, 1.54) is 4.90 Å². The van der Waals surface area contributed by atoms with Gasteiger partial charge in [-0.05, 0) is 48.4 Å². The Hall–Kier alpha value is -2.58. The fourth-order valence-corrected chi connectivity index (χ4v) is 4.60. The number of morpholine rings is 1. The van der Waals surface area contributed by atoms with Gasteiger partial charge in [-0.2, -0.15) is 0 Å². The van der Waals surface area contributed by atoms with E-state index in [1.807, 2.05) is 6.92 Å². The van der Waals surface area contributed by atoms with E-state index in [2.05, 4.69) is 4.90 Å². The number of aliphatic hydroxyl groups excluding tert-OH is 1. The van der Waals surface area contributed by atoms with Crippen LogP contribution in [0.3, 0.4) is 0 Å². The minimum atomic E-state index is -0.790. The van der Waals surface area contributed by atoms with E-state index in [9.17, 15) is 14.7 Å². The minimum absolute atomic E-state index is 0.0255. The van der Waals surface area contributed by atoms with Crippen LogP contribution in [0.5, 0.6) is 5.75 Å². The van der Waals surface area contributed by atoms with E-state index in [0.29, 0.717) is 59.8 Å². The summed E-state index contributed by atoms with van der Waals surface area (Å²) in [5.74, 6) is -0.962. The van der Waals surface area contributed by atoms with E-state index < -0.39 is 17.7 Å². The number of carbonyl (C=O) groups excluding carboxylic acids is 2. The van der Waals surface area contributed by atoms with Crippen LogP contribution < -0.4 is 4.74 Å². The first-order valence-electron chi connectivity index (χ1n) is 11.7. The lowest BCUT2D eigenvalue weighted by Crippen LogP contribution is -2.42. The van der Waals surface area contributed by atoms with Gasteiger partial charge in [0.2, 0.25) is 0 Å². The number of Topliss-reactive ketones (excluding diaryl/α,β-unsaturated/α-hetero) is 1. The molecule has 1 unspecified atom stereocenters. The number of nitrogens with zero attached hydrogens (tertiary/aromatic N) is 2. The summed E-state index contributed by atoms with van der Waals surface area (Å²) in [5, 5.41) is 11.9. The smallest absolute Gasteiger partial charge is 0.295 e. The number of halogens is 2. The molecule has 4 rings (SSSR count). The van der Waals surface area contributed by atoms with Gasteiger partial charge in [-0.3, -0.25) is 14.5 Å². The summed E-state index contributed by atoms with van der Waals surface area (Å²) in [5.41, 5.74) is 1.05. The largest absolute Gasteiger partial charge is 0.507 e. The zero-order chi connectivity index (χ0) is 24.9. The molecule has 7 nitrogen and oxygen atoms in total. The maximum Gasteiger partial charge on any atom is 0.295 e. The van der Waals surface area contributed by atoms with E-state index in [0.717, 1.165) is 19.5 Å². The van der Waals surface area contributed by atoms with Crippen LogP contribution in [0.1, 0.15) is 30.5 Å². The Labute approximate surface area is 214 Å². The van der Waals surface area contributed by atoms with Crippen LogP contribution in [-0.4, -0.2) is 72.6 Å². The summed E-state index contributed by atoms with van der Waals surface area (Å²) in [7, 11) is 0. The number of ether oxygens (including phenoxy) is 2. The molecule has 0 saturated carbocycles. The number of amides is 1. The molecule has 0 bridgehead atoms. The summed E-state index contributed by atoms with van der Waals surface area (Å²) in [6, 6.07) is 11.0. The second-order valence-corrected chi connectivity index (χ2v) is 9.31. The topological polar surface area (TPSA) is 79.3 Å². The number of ketones is 1. The van der Waals surface area contributed by atoms with Crippen molar-refractivity contribution in [1.29, 1.82) is 0 Å². The molecule has 0 aliphatic carbocycles. The van der Waals surface area contributed by atoms with Crippen molar-refractivity contribution in [1.82, 2.24) is 9.80 Å². The van der Waals surface area contributed by atoms with Gasteiger partial charge in [-0.15, -0.1) is 0 Å². The van der Waals surface area contributed by atoms with Gasteiger partial charge in [0, 0.05) is 31.7 Å². The second-order valence-electron chi connectivity index (χ2n) is 8.49. The monoisotopic (exact) mass is 518 g/mol. The van der Waals surface area contributed by atoms with Crippen molar-refractivity contribution in [3.05, 3.63) is 69.2 Å². The third-order valence-corrected chi connectivity index (χ3v) is 6.90. The SMILES string of the molecule is CCCOc1ccc(/C(O)=C2/C(=O)C(=O)N(CCN3CCOCC3)C2c2ccc(Cl)c(Cl)c2)cc1. The van der Waals surface area contributed by atoms with Crippen molar-refractivity contribution in [2.45, 2.75) is 19.4 Å². The Morgan fingerprint density at radius 2 is 1.77 bits per heavy atom. The van der Waals surface area contributed by atoms with E-state index >= 15 is 0 Å². The molecule has 2 heterocycles. The summed E-state index contributed by atoms with van der Waals surface area (Å²) < 4.78 is 11.0. The maximum absolute atomic E-state index is 13.2. The fraction of sp³-hybridized carbons (Fsp3) is 0.385. The summed E-state index contributed by atoms with van der Waals surface area (Å²) in [6.45, 7) is 6.27. The van der Waals surface area contributed by atoms with Gasteiger partial charge >= 0.3 is 0 Å². The highest BCUT2D eigenvalue weighted by atomic mass is 35.5. The van der Waals surface area contributed by atoms with Gasteiger partial charge in [0.1, 0.15) is 11.5 Å². The molecule has 2 aliphatic heterocycles. The highest BCUT2D eigenvalue weighted by molar-refractivity contribution is 6.46. The van der Waals surface area contributed by atoms with Crippen molar-refractivity contribution >= 4 is 40.7 Å². The lowest BCUT2D eigenvalue weighted by atomic mass is 9.95. The molecule has 1 atom stereocenters. The van der Waals surface area contributed by atoms with Crippen LogP contribution in [0.4, 0.5) is 0 Å². The Morgan fingerprint density at radius 3 is 2.43 bits per heavy atom. The summed E-state index contributed by atoms with van der Waals surface area (Å²) >= 11 is 12.4. The molecular formula is C26H28Cl2N2O5. The average Bonchev–Trinajstić information content (AvgIpc) is 3.13.